The maximum atomic E-state index is 12.8. The molecule has 29 heavy (non-hydrogen) atoms. The van der Waals surface area contributed by atoms with Crippen LogP contribution in [0.5, 0.6) is 0 Å². The molecule has 0 bridgehead atoms. The summed E-state index contributed by atoms with van der Waals surface area (Å²) in [6, 6.07) is 16.0. The number of likely N-dealkylation sites (N-methyl/N-ethyl adjacent to an activating group) is 1. The van der Waals surface area contributed by atoms with Crippen LogP contribution in [0.2, 0.25) is 0 Å². The Bertz CT molecular complexity index is 1020. The van der Waals surface area contributed by atoms with E-state index in [0.29, 0.717) is 17.8 Å². The van der Waals surface area contributed by atoms with E-state index < -0.39 is 0 Å². The van der Waals surface area contributed by atoms with Gasteiger partial charge in [0.05, 0.1) is 18.7 Å². The molecule has 150 valence electrons. The van der Waals surface area contributed by atoms with Crippen molar-refractivity contribution >= 4 is 11.8 Å². The van der Waals surface area contributed by atoms with Crippen molar-refractivity contribution in [3.8, 4) is 11.3 Å². The number of hydrogen-bond acceptors (Lipinski definition) is 3. The average Bonchev–Trinajstić information content (AvgIpc) is 3.12. The normalized spacial score (nSPS) is 10.6. The van der Waals surface area contributed by atoms with Crippen LogP contribution in [0.15, 0.2) is 54.7 Å². The van der Waals surface area contributed by atoms with Crippen molar-refractivity contribution in [1.29, 1.82) is 0 Å². The lowest BCUT2D eigenvalue weighted by atomic mass is 10.0. The molecule has 1 heterocycles. The topological polar surface area (TPSA) is 67.2 Å². The summed E-state index contributed by atoms with van der Waals surface area (Å²) in [6.07, 6.45) is 1.74. The number of benzene rings is 2. The smallest absolute Gasteiger partial charge is 0.255 e. The van der Waals surface area contributed by atoms with E-state index in [0.717, 1.165) is 16.7 Å². The van der Waals surface area contributed by atoms with Gasteiger partial charge in [-0.15, -0.1) is 0 Å². The molecule has 0 saturated carbocycles. The molecule has 2 aromatic carbocycles. The lowest BCUT2D eigenvalue weighted by Gasteiger charge is -2.11. The molecule has 1 N–H and O–H groups in total. The van der Waals surface area contributed by atoms with Gasteiger partial charge in [-0.05, 0) is 36.6 Å². The second kappa shape index (κ2) is 8.73. The first kappa shape index (κ1) is 20.3. The standard InChI is InChI=1S/C23H26N4O2/c1-16-10-11-19(12-17(16)2)22-20(23(29)24-13-21(28)26(3)4)15-27(25-22)14-18-8-6-5-7-9-18/h5-12,15H,13-14H2,1-4H3,(H,24,29). The summed E-state index contributed by atoms with van der Waals surface area (Å²) < 4.78 is 1.77. The molecular formula is C23H26N4O2. The zero-order valence-electron chi connectivity index (χ0n) is 17.3. The van der Waals surface area contributed by atoms with Gasteiger partial charge in [-0.1, -0.05) is 42.5 Å². The first-order valence-corrected chi connectivity index (χ1v) is 9.52. The van der Waals surface area contributed by atoms with Gasteiger partial charge in [0, 0.05) is 25.9 Å². The van der Waals surface area contributed by atoms with E-state index in [1.54, 1.807) is 25.0 Å². The molecule has 0 aliphatic heterocycles. The predicted octanol–water partition coefficient (Wildman–Crippen LogP) is 3.03. The van der Waals surface area contributed by atoms with Gasteiger partial charge in [0.1, 0.15) is 5.69 Å². The second-order valence-electron chi connectivity index (χ2n) is 7.34. The molecule has 3 aromatic rings. The van der Waals surface area contributed by atoms with E-state index in [9.17, 15) is 9.59 Å². The molecule has 2 amide bonds. The summed E-state index contributed by atoms with van der Waals surface area (Å²) in [4.78, 5) is 26.1. The molecule has 0 unspecified atom stereocenters. The number of nitrogens with one attached hydrogen (secondary N) is 1. The van der Waals surface area contributed by atoms with E-state index >= 15 is 0 Å². The zero-order chi connectivity index (χ0) is 21.0. The van der Waals surface area contributed by atoms with Gasteiger partial charge in [0.25, 0.3) is 5.91 Å². The highest BCUT2D eigenvalue weighted by atomic mass is 16.2. The molecule has 6 nitrogen and oxygen atoms in total. The first-order valence-electron chi connectivity index (χ1n) is 9.52. The third kappa shape index (κ3) is 4.90. The molecule has 3 rings (SSSR count). The average molecular weight is 390 g/mol. The summed E-state index contributed by atoms with van der Waals surface area (Å²) in [6.45, 7) is 4.59. The number of hydrogen-bond donors (Lipinski definition) is 1. The number of rotatable bonds is 6. The summed E-state index contributed by atoms with van der Waals surface area (Å²) in [5.74, 6) is -0.476. The summed E-state index contributed by atoms with van der Waals surface area (Å²) >= 11 is 0. The Morgan fingerprint density at radius 2 is 1.76 bits per heavy atom. The number of aromatic nitrogens is 2. The van der Waals surface area contributed by atoms with Crippen molar-refractivity contribution in [1.82, 2.24) is 20.0 Å². The van der Waals surface area contributed by atoms with Crippen molar-refractivity contribution in [2.45, 2.75) is 20.4 Å². The Morgan fingerprint density at radius 1 is 1.03 bits per heavy atom. The maximum Gasteiger partial charge on any atom is 0.255 e. The Labute approximate surface area is 171 Å². The molecule has 0 aliphatic rings. The van der Waals surface area contributed by atoms with Gasteiger partial charge in [-0.2, -0.15) is 5.10 Å². The summed E-state index contributed by atoms with van der Waals surface area (Å²) in [5.41, 5.74) is 5.35. The largest absolute Gasteiger partial charge is 0.347 e. The van der Waals surface area contributed by atoms with E-state index in [4.69, 9.17) is 5.10 Å². The maximum absolute atomic E-state index is 12.8. The monoisotopic (exact) mass is 390 g/mol. The number of carbonyl (C=O) groups excluding carboxylic acids is 2. The van der Waals surface area contributed by atoms with Crippen LogP contribution >= 0.6 is 0 Å². The van der Waals surface area contributed by atoms with Crippen LogP contribution < -0.4 is 5.32 Å². The molecule has 0 spiro atoms. The second-order valence-corrected chi connectivity index (χ2v) is 7.34. The third-order valence-corrected chi connectivity index (χ3v) is 4.87. The highest BCUT2D eigenvalue weighted by Crippen LogP contribution is 2.25. The minimum absolute atomic E-state index is 0.0535. The van der Waals surface area contributed by atoms with Crippen LogP contribution in [0.1, 0.15) is 27.0 Å². The van der Waals surface area contributed by atoms with E-state index in [1.165, 1.54) is 10.5 Å². The Balaban J connectivity index is 1.94. The van der Waals surface area contributed by atoms with E-state index in [2.05, 4.69) is 5.32 Å². The van der Waals surface area contributed by atoms with Crippen LogP contribution in [-0.4, -0.2) is 47.1 Å². The quantitative estimate of drug-likeness (QED) is 0.703. The predicted molar refractivity (Wildman–Crippen MR) is 114 cm³/mol. The van der Waals surface area contributed by atoms with Crippen LogP contribution in [0.4, 0.5) is 0 Å². The molecule has 1 aromatic heterocycles. The fourth-order valence-corrected chi connectivity index (χ4v) is 2.95. The molecule has 6 heteroatoms. The van der Waals surface area contributed by atoms with Crippen LogP contribution in [-0.2, 0) is 11.3 Å². The molecular weight excluding hydrogens is 364 g/mol. The minimum atomic E-state index is -0.312. The highest BCUT2D eigenvalue weighted by molar-refractivity contribution is 6.01. The van der Waals surface area contributed by atoms with Crippen molar-refractivity contribution in [2.24, 2.45) is 0 Å². The number of carbonyl (C=O) groups is 2. The molecule has 0 saturated heterocycles. The SMILES string of the molecule is Cc1ccc(-c2nn(Cc3ccccc3)cc2C(=O)NCC(=O)N(C)C)cc1C. The van der Waals surface area contributed by atoms with Crippen molar-refractivity contribution in [3.63, 3.8) is 0 Å². The fraction of sp³-hybridized carbons (Fsp3) is 0.261. The van der Waals surface area contributed by atoms with Gasteiger partial charge >= 0.3 is 0 Å². The Kier molecular flexibility index (Phi) is 6.12. The number of amides is 2. The molecule has 0 radical (unpaired) electrons. The van der Waals surface area contributed by atoms with E-state index in [1.807, 2.05) is 62.4 Å². The molecule has 0 aliphatic carbocycles. The van der Waals surface area contributed by atoms with Gasteiger partial charge in [-0.3, -0.25) is 14.3 Å². The summed E-state index contributed by atoms with van der Waals surface area (Å²) in [7, 11) is 3.32. The number of aryl methyl sites for hydroxylation is 2. The molecule has 0 atom stereocenters. The van der Waals surface area contributed by atoms with Gasteiger partial charge < -0.3 is 10.2 Å². The molecule has 0 fully saturated rings. The van der Waals surface area contributed by atoms with Crippen LogP contribution in [0, 0.1) is 13.8 Å². The lowest BCUT2D eigenvalue weighted by molar-refractivity contribution is -0.127. The van der Waals surface area contributed by atoms with Crippen LogP contribution in [0.25, 0.3) is 11.3 Å². The van der Waals surface area contributed by atoms with Gasteiger partial charge in [0.2, 0.25) is 5.91 Å². The third-order valence-electron chi connectivity index (χ3n) is 4.87. The van der Waals surface area contributed by atoms with Gasteiger partial charge in [-0.25, -0.2) is 0 Å². The lowest BCUT2D eigenvalue weighted by Crippen LogP contribution is -2.36. The zero-order valence-corrected chi connectivity index (χ0v) is 17.3. The number of nitrogens with zero attached hydrogens (tertiary/aromatic N) is 3. The first-order chi connectivity index (χ1) is 13.8. The van der Waals surface area contributed by atoms with E-state index in [-0.39, 0.29) is 18.4 Å². The summed E-state index contributed by atoms with van der Waals surface area (Å²) in [5, 5.41) is 7.40. The highest BCUT2D eigenvalue weighted by Gasteiger charge is 2.19. The Hall–Kier alpha value is -3.41. The Morgan fingerprint density at radius 3 is 2.41 bits per heavy atom. The van der Waals surface area contributed by atoms with Crippen molar-refractivity contribution in [3.05, 3.63) is 77.0 Å². The van der Waals surface area contributed by atoms with Crippen molar-refractivity contribution < 1.29 is 9.59 Å². The van der Waals surface area contributed by atoms with Crippen molar-refractivity contribution in [2.75, 3.05) is 20.6 Å². The fourth-order valence-electron chi connectivity index (χ4n) is 2.95. The minimum Gasteiger partial charge on any atom is -0.347 e. The van der Waals surface area contributed by atoms with Gasteiger partial charge in [0.15, 0.2) is 0 Å². The van der Waals surface area contributed by atoms with Crippen LogP contribution in [0.3, 0.4) is 0 Å².